The van der Waals surface area contributed by atoms with Crippen molar-refractivity contribution in [2.45, 2.75) is 161 Å². The van der Waals surface area contributed by atoms with E-state index in [2.05, 4.69) is 48.5 Å². The van der Waals surface area contributed by atoms with Crippen molar-refractivity contribution in [3.63, 3.8) is 0 Å². The Kier molecular flexibility index (Phi) is 24.4. The normalized spacial score (nSPS) is 11.5. The first-order valence-electron chi connectivity index (χ1n) is 17.8. The Morgan fingerprint density at radius 1 is 0.381 bits per heavy atom. The van der Waals surface area contributed by atoms with E-state index in [1.54, 1.807) is 0 Å². The summed E-state index contributed by atoms with van der Waals surface area (Å²) in [5.74, 6) is 0. The SMILES string of the molecule is OC(CCCCCCCCCCCCOCc1ccccc1)CCCCCCCCCCCCOCc1ccccc1. The topological polar surface area (TPSA) is 38.7 Å². The molecule has 0 aliphatic heterocycles. The standard InChI is InChI=1S/C39H64O3/c40-39(31-23-13-9-5-1-3-7-11-15-25-33-41-35-37-27-19-17-20-28-37)32-24-14-10-6-2-4-8-12-16-26-34-42-36-38-29-21-18-22-30-38/h17-22,27-30,39-40H,1-16,23-26,31-36H2. The number of rotatable bonds is 30. The van der Waals surface area contributed by atoms with Gasteiger partial charge in [0.15, 0.2) is 0 Å². The molecule has 3 heteroatoms. The lowest BCUT2D eigenvalue weighted by atomic mass is 10.0. The highest BCUT2D eigenvalue weighted by atomic mass is 16.5. The zero-order chi connectivity index (χ0) is 29.6. The lowest BCUT2D eigenvalue weighted by molar-refractivity contribution is 0.116. The third kappa shape index (κ3) is 22.9. The van der Waals surface area contributed by atoms with Gasteiger partial charge in [0.05, 0.1) is 19.3 Å². The van der Waals surface area contributed by atoms with Crippen LogP contribution in [0.1, 0.15) is 152 Å². The number of aliphatic hydroxyl groups is 1. The van der Waals surface area contributed by atoms with E-state index in [4.69, 9.17) is 9.47 Å². The lowest BCUT2D eigenvalue weighted by Gasteiger charge is -2.10. The maximum absolute atomic E-state index is 10.3. The van der Waals surface area contributed by atoms with Crippen LogP contribution in [0.5, 0.6) is 0 Å². The fraction of sp³-hybridized carbons (Fsp3) is 0.692. The van der Waals surface area contributed by atoms with Gasteiger partial charge in [-0.15, -0.1) is 0 Å². The molecule has 0 saturated carbocycles. The highest BCUT2D eigenvalue weighted by Gasteiger charge is 2.04. The number of unbranched alkanes of at least 4 members (excludes halogenated alkanes) is 18. The maximum Gasteiger partial charge on any atom is 0.0716 e. The van der Waals surface area contributed by atoms with E-state index in [1.807, 2.05) is 12.1 Å². The van der Waals surface area contributed by atoms with Crippen LogP contribution in [0.25, 0.3) is 0 Å². The van der Waals surface area contributed by atoms with Gasteiger partial charge in [-0.25, -0.2) is 0 Å². The molecule has 0 aliphatic rings. The zero-order valence-corrected chi connectivity index (χ0v) is 27.0. The monoisotopic (exact) mass is 580 g/mol. The molecule has 2 rings (SSSR count). The fourth-order valence-corrected chi connectivity index (χ4v) is 5.67. The molecule has 42 heavy (non-hydrogen) atoms. The number of hydrogen-bond donors (Lipinski definition) is 1. The molecule has 238 valence electrons. The first-order valence-corrected chi connectivity index (χ1v) is 17.8. The molecule has 0 spiro atoms. The van der Waals surface area contributed by atoms with E-state index in [9.17, 15) is 5.11 Å². The Morgan fingerprint density at radius 2 is 0.667 bits per heavy atom. The number of benzene rings is 2. The van der Waals surface area contributed by atoms with Crippen molar-refractivity contribution >= 4 is 0 Å². The van der Waals surface area contributed by atoms with Gasteiger partial charge in [0.1, 0.15) is 0 Å². The summed E-state index contributed by atoms with van der Waals surface area (Å²) in [4.78, 5) is 0. The molecule has 0 fully saturated rings. The highest BCUT2D eigenvalue weighted by Crippen LogP contribution is 2.16. The summed E-state index contributed by atoms with van der Waals surface area (Å²) in [6.07, 6.45) is 28.2. The van der Waals surface area contributed by atoms with Crippen LogP contribution in [-0.2, 0) is 22.7 Å². The van der Waals surface area contributed by atoms with Crippen molar-refractivity contribution in [1.29, 1.82) is 0 Å². The van der Waals surface area contributed by atoms with Crippen LogP contribution in [0.4, 0.5) is 0 Å². The molecule has 0 radical (unpaired) electrons. The van der Waals surface area contributed by atoms with Gasteiger partial charge in [0, 0.05) is 13.2 Å². The van der Waals surface area contributed by atoms with Crippen molar-refractivity contribution < 1.29 is 14.6 Å². The van der Waals surface area contributed by atoms with E-state index < -0.39 is 0 Å². The van der Waals surface area contributed by atoms with Crippen LogP contribution in [0, 0.1) is 0 Å². The maximum atomic E-state index is 10.3. The van der Waals surface area contributed by atoms with E-state index in [1.165, 1.54) is 140 Å². The molecule has 0 saturated heterocycles. The van der Waals surface area contributed by atoms with Crippen LogP contribution in [0.15, 0.2) is 60.7 Å². The summed E-state index contributed by atoms with van der Waals surface area (Å²) in [7, 11) is 0. The Morgan fingerprint density at radius 3 is 1.00 bits per heavy atom. The van der Waals surface area contributed by atoms with Crippen LogP contribution in [0.2, 0.25) is 0 Å². The molecule has 0 unspecified atom stereocenters. The summed E-state index contributed by atoms with van der Waals surface area (Å²) in [5.41, 5.74) is 2.53. The van der Waals surface area contributed by atoms with Gasteiger partial charge in [-0.1, -0.05) is 176 Å². The van der Waals surface area contributed by atoms with Gasteiger partial charge in [-0.3, -0.25) is 0 Å². The lowest BCUT2D eigenvalue weighted by Crippen LogP contribution is -2.05. The molecule has 3 nitrogen and oxygen atoms in total. The Bertz CT molecular complexity index is 726. The number of ether oxygens (including phenoxy) is 2. The zero-order valence-electron chi connectivity index (χ0n) is 27.0. The van der Waals surface area contributed by atoms with E-state index in [0.29, 0.717) is 0 Å². The molecule has 2 aromatic rings. The minimum Gasteiger partial charge on any atom is -0.393 e. The molecule has 2 aromatic carbocycles. The van der Waals surface area contributed by atoms with Gasteiger partial charge in [0.25, 0.3) is 0 Å². The Hall–Kier alpha value is -1.68. The van der Waals surface area contributed by atoms with Crippen LogP contribution >= 0.6 is 0 Å². The van der Waals surface area contributed by atoms with Crippen molar-refractivity contribution in [3.8, 4) is 0 Å². The molecular formula is C39H64O3. The first-order chi connectivity index (χ1) is 20.8. The summed E-state index contributed by atoms with van der Waals surface area (Å²) >= 11 is 0. The van der Waals surface area contributed by atoms with Gasteiger partial charge in [-0.2, -0.15) is 0 Å². The summed E-state index contributed by atoms with van der Waals surface area (Å²) in [5, 5.41) is 10.3. The predicted molar refractivity (Wildman–Crippen MR) is 180 cm³/mol. The molecule has 0 amide bonds. The third-order valence-corrected chi connectivity index (χ3v) is 8.38. The molecule has 0 heterocycles. The summed E-state index contributed by atoms with van der Waals surface area (Å²) in [6, 6.07) is 20.9. The predicted octanol–water partition coefficient (Wildman–Crippen LogP) is 11.4. The average molecular weight is 581 g/mol. The average Bonchev–Trinajstić information content (AvgIpc) is 3.02. The van der Waals surface area contributed by atoms with Gasteiger partial charge in [0.2, 0.25) is 0 Å². The quantitative estimate of drug-likeness (QED) is 0.0934. The number of aliphatic hydroxyl groups excluding tert-OH is 1. The molecule has 0 aliphatic carbocycles. The molecule has 0 aromatic heterocycles. The third-order valence-electron chi connectivity index (χ3n) is 8.38. The first kappa shape index (κ1) is 36.5. The minimum atomic E-state index is -0.0710. The Balaban J connectivity index is 1.19. The smallest absolute Gasteiger partial charge is 0.0716 e. The molecule has 0 atom stereocenters. The van der Waals surface area contributed by atoms with Crippen molar-refractivity contribution in [3.05, 3.63) is 71.8 Å². The number of hydrogen-bond acceptors (Lipinski definition) is 3. The largest absolute Gasteiger partial charge is 0.393 e. The minimum absolute atomic E-state index is 0.0710. The fourth-order valence-electron chi connectivity index (χ4n) is 5.67. The van der Waals surface area contributed by atoms with E-state index >= 15 is 0 Å². The second kappa shape index (κ2) is 28.1. The molecular weight excluding hydrogens is 516 g/mol. The Labute approximate surface area is 259 Å². The molecule has 1 N–H and O–H groups in total. The van der Waals surface area contributed by atoms with Gasteiger partial charge in [-0.05, 0) is 36.8 Å². The highest BCUT2D eigenvalue weighted by molar-refractivity contribution is 5.14. The van der Waals surface area contributed by atoms with Crippen LogP contribution in [0.3, 0.4) is 0 Å². The van der Waals surface area contributed by atoms with Crippen LogP contribution < -0.4 is 0 Å². The second-order valence-electron chi connectivity index (χ2n) is 12.4. The second-order valence-corrected chi connectivity index (χ2v) is 12.4. The van der Waals surface area contributed by atoms with E-state index in [-0.39, 0.29) is 6.10 Å². The van der Waals surface area contributed by atoms with Crippen molar-refractivity contribution in [1.82, 2.24) is 0 Å². The molecule has 0 bridgehead atoms. The van der Waals surface area contributed by atoms with Crippen molar-refractivity contribution in [2.24, 2.45) is 0 Å². The van der Waals surface area contributed by atoms with Gasteiger partial charge < -0.3 is 14.6 Å². The van der Waals surface area contributed by atoms with Gasteiger partial charge >= 0.3 is 0 Å². The summed E-state index contributed by atoms with van der Waals surface area (Å²) < 4.78 is 11.5. The van der Waals surface area contributed by atoms with E-state index in [0.717, 1.165) is 39.3 Å². The van der Waals surface area contributed by atoms with Crippen LogP contribution in [-0.4, -0.2) is 24.4 Å². The van der Waals surface area contributed by atoms with Crippen molar-refractivity contribution in [2.75, 3.05) is 13.2 Å². The summed E-state index contributed by atoms with van der Waals surface area (Å²) in [6.45, 7) is 3.25.